The fourth-order valence-corrected chi connectivity index (χ4v) is 0. The van der Waals surface area contributed by atoms with Crippen molar-refractivity contribution >= 4 is 0 Å². The van der Waals surface area contributed by atoms with Crippen LogP contribution in [0.5, 0.6) is 0 Å². The van der Waals surface area contributed by atoms with Gasteiger partial charge in [-0.05, 0) is 0 Å². The Morgan fingerprint density at radius 1 is 0.500 bits per heavy atom. The van der Waals surface area contributed by atoms with E-state index >= 15 is 0 Å². The molecule has 10 heteroatoms. The van der Waals surface area contributed by atoms with Gasteiger partial charge in [0.1, 0.15) is 0 Å². The van der Waals surface area contributed by atoms with Crippen molar-refractivity contribution in [3.8, 4) is 39.4 Å². The summed E-state index contributed by atoms with van der Waals surface area (Å²) in [5.74, 6) is 0. The third-order valence-corrected chi connectivity index (χ3v) is 0. The SMILES string of the molecule is C#N.C#N.C#N.C#N.C#N.C#N.O.[Co].[Fe].[H-].[K+]. The Hall–Kier alpha value is -0.438. The first-order chi connectivity index (χ1) is 6.00. The Balaban J connectivity index is -0.00000000267. The van der Waals surface area contributed by atoms with Crippen LogP contribution in [0.2, 0.25) is 0 Å². The van der Waals surface area contributed by atoms with E-state index in [4.69, 9.17) is 31.6 Å². The van der Waals surface area contributed by atoms with Crippen LogP contribution in [0.15, 0.2) is 0 Å². The third kappa shape index (κ3) is 11200. The third-order valence-electron chi connectivity index (χ3n) is 0. The van der Waals surface area contributed by atoms with Crippen LogP contribution in [-0.2, 0) is 33.8 Å². The maximum atomic E-state index is 6.50. The Morgan fingerprint density at radius 3 is 0.500 bits per heavy atom. The second-order valence-electron chi connectivity index (χ2n) is 0. The maximum absolute atomic E-state index is 6.50. The molecule has 87 valence electrons. The van der Waals surface area contributed by atoms with E-state index in [0.29, 0.717) is 0 Å². The summed E-state index contributed by atoms with van der Waals surface area (Å²) in [5.41, 5.74) is 0. The molecule has 0 unspecified atom stereocenters. The van der Waals surface area contributed by atoms with Crippen molar-refractivity contribution in [2.75, 3.05) is 0 Å². The first kappa shape index (κ1) is 107. The van der Waals surface area contributed by atoms with Gasteiger partial charge in [-0.1, -0.05) is 0 Å². The van der Waals surface area contributed by atoms with Crippen molar-refractivity contribution in [1.82, 2.24) is 0 Å². The Labute approximate surface area is 161 Å². The van der Waals surface area contributed by atoms with E-state index in [2.05, 4.69) is 39.4 Å². The Bertz CT molecular complexity index is 114. The second kappa shape index (κ2) is 14000. The van der Waals surface area contributed by atoms with Gasteiger partial charge in [-0.25, -0.2) is 31.6 Å². The summed E-state index contributed by atoms with van der Waals surface area (Å²) in [4.78, 5) is 0. The van der Waals surface area contributed by atoms with Crippen molar-refractivity contribution in [1.29, 1.82) is 31.6 Å². The molecule has 0 heterocycles. The van der Waals surface area contributed by atoms with Crippen LogP contribution in [0.1, 0.15) is 1.43 Å². The Kier molecular flexibility index (Phi) is 93200. The molecule has 0 atom stereocenters. The molecule has 0 amide bonds. The summed E-state index contributed by atoms with van der Waals surface area (Å²) in [7, 11) is 0. The largest absolute Gasteiger partial charge is 1.00 e. The van der Waals surface area contributed by atoms with E-state index in [-0.39, 0.29) is 92.1 Å². The van der Waals surface area contributed by atoms with Crippen LogP contribution in [-0.4, -0.2) is 5.48 Å². The summed E-state index contributed by atoms with van der Waals surface area (Å²) >= 11 is 0. The standard InChI is InChI=1S/6CHN.Co.Fe.K.H2O.H/c6*1-2;;;;;/h6*1H;;;;1H2;/q;;;;;;;;+1;;-1. The molecule has 0 spiro atoms. The first-order valence-electron chi connectivity index (χ1n) is 1.55. The molecule has 0 rings (SSSR count). The molecule has 0 fully saturated rings. The molecule has 0 aliphatic heterocycles. The summed E-state index contributed by atoms with van der Waals surface area (Å²) in [6, 6.07) is 0. The van der Waals surface area contributed by atoms with Crippen LogP contribution in [0.25, 0.3) is 0 Å². The van der Waals surface area contributed by atoms with E-state index in [1.54, 1.807) is 0 Å². The van der Waals surface area contributed by atoms with Crippen LogP contribution >= 0.6 is 0 Å². The molecule has 0 saturated carbocycles. The molecule has 2 N–H and O–H groups in total. The molecule has 16 heavy (non-hydrogen) atoms. The van der Waals surface area contributed by atoms with Crippen LogP contribution in [0.3, 0.4) is 0 Å². The van der Waals surface area contributed by atoms with Crippen LogP contribution in [0, 0.1) is 71.0 Å². The topological polar surface area (TPSA) is 174 Å². The van der Waals surface area contributed by atoms with E-state index in [1.165, 1.54) is 0 Å². The van der Waals surface area contributed by atoms with Crippen molar-refractivity contribution in [3.05, 3.63) is 0 Å². The number of nitrogens with zero attached hydrogens (tertiary/aromatic N) is 6. The van der Waals surface area contributed by atoms with Gasteiger partial charge in [-0.2, -0.15) is 0 Å². The molecule has 0 aromatic rings. The van der Waals surface area contributed by atoms with Crippen molar-refractivity contribution in [3.63, 3.8) is 0 Å². The Morgan fingerprint density at radius 2 is 0.500 bits per heavy atom. The van der Waals surface area contributed by atoms with Gasteiger partial charge in [0.15, 0.2) is 0 Å². The quantitative estimate of drug-likeness (QED) is 0.430. The fourth-order valence-electron chi connectivity index (χ4n) is 0. The number of nitriles is 6. The zero-order valence-corrected chi connectivity index (χ0v) is 13.6. The zero-order valence-electron chi connectivity index (χ0n) is 9.33. The monoisotopic (exact) mass is 335 g/mol. The summed E-state index contributed by atoms with van der Waals surface area (Å²) in [6.45, 7) is 21.0. The number of hydrogen-bond donors (Lipinski definition) is 0. The molecular formula is C6H9CoFeKN6O. The average molecular weight is 335 g/mol. The van der Waals surface area contributed by atoms with Crippen molar-refractivity contribution < 1.29 is 92.1 Å². The van der Waals surface area contributed by atoms with Gasteiger partial charge < -0.3 is 6.90 Å². The fraction of sp³-hybridized carbons (Fsp3) is 0. The molecule has 0 aromatic carbocycles. The van der Waals surface area contributed by atoms with Crippen molar-refractivity contribution in [2.45, 2.75) is 0 Å². The maximum Gasteiger partial charge on any atom is 1.00 e. The minimum absolute atomic E-state index is 0. The van der Waals surface area contributed by atoms with E-state index in [0.717, 1.165) is 0 Å². The van der Waals surface area contributed by atoms with Gasteiger partial charge in [0, 0.05) is 73.3 Å². The first-order valence-corrected chi connectivity index (χ1v) is 1.55. The minimum atomic E-state index is 0. The molecule has 7 nitrogen and oxygen atoms in total. The van der Waals surface area contributed by atoms with Crippen LogP contribution < -0.4 is 51.4 Å². The van der Waals surface area contributed by atoms with Gasteiger partial charge in [0.2, 0.25) is 0 Å². The van der Waals surface area contributed by atoms with Gasteiger partial charge in [-0.3, -0.25) is 0 Å². The molecule has 0 aliphatic carbocycles. The molecule has 0 bridgehead atoms. The molecule has 0 aliphatic rings. The molecule has 0 aromatic heterocycles. The number of hydrogen-bond acceptors (Lipinski definition) is 6. The predicted molar refractivity (Wildman–Crippen MR) is 44.7 cm³/mol. The van der Waals surface area contributed by atoms with Gasteiger partial charge >= 0.3 is 51.4 Å². The number of rotatable bonds is 0. The van der Waals surface area contributed by atoms with Crippen molar-refractivity contribution in [2.24, 2.45) is 0 Å². The van der Waals surface area contributed by atoms with E-state index in [1.807, 2.05) is 0 Å². The minimum Gasteiger partial charge on any atom is -1.00 e. The molecule has 0 saturated heterocycles. The second-order valence-corrected chi connectivity index (χ2v) is 0. The van der Waals surface area contributed by atoms with Gasteiger partial charge in [-0.15, -0.1) is 0 Å². The van der Waals surface area contributed by atoms with E-state index < -0.39 is 0 Å². The zero-order chi connectivity index (χ0) is 12.0. The average Bonchev–Trinajstić information content (AvgIpc) is 2.33. The molecular weight excluding hydrogens is 326 g/mol. The predicted octanol–water partition coefficient (Wildman–Crippen LogP) is -2.87. The van der Waals surface area contributed by atoms with E-state index in [9.17, 15) is 0 Å². The van der Waals surface area contributed by atoms with Crippen LogP contribution in [0.4, 0.5) is 0 Å². The summed E-state index contributed by atoms with van der Waals surface area (Å²) < 4.78 is 0. The summed E-state index contributed by atoms with van der Waals surface area (Å²) in [5, 5.41) is 39.0. The molecule has 1 radical (unpaired) electrons. The smallest absolute Gasteiger partial charge is 1.00 e. The normalized spacial score (nSPS) is 0.750. The summed E-state index contributed by atoms with van der Waals surface area (Å²) in [6.07, 6.45) is 0. The van der Waals surface area contributed by atoms with Gasteiger partial charge in [0.25, 0.3) is 0 Å². The van der Waals surface area contributed by atoms with Gasteiger partial charge in [0.05, 0.1) is 0 Å².